The Labute approximate surface area is 115 Å². The monoisotopic (exact) mass is 257 g/mol. The summed E-state index contributed by atoms with van der Waals surface area (Å²) >= 11 is 0. The zero-order valence-corrected chi connectivity index (χ0v) is 11.0. The number of amides is 1. The van der Waals surface area contributed by atoms with E-state index in [1.807, 2.05) is 0 Å². The van der Waals surface area contributed by atoms with Crippen LogP contribution in [0.25, 0.3) is 0 Å². The molecule has 0 atom stereocenters. The smallest absolute Gasteiger partial charge is 0.222 e. The number of nitrogens with zero attached hydrogens (tertiary/aromatic N) is 1. The van der Waals surface area contributed by atoms with Gasteiger partial charge in [-0.1, -0.05) is 60.8 Å². The molecule has 0 aromatic heterocycles. The van der Waals surface area contributed by atoms with E-state index in [1.54, 1.807) is 0 Å². The highest BCUT2D eigenvalue weighted by Crippen LogP contribution is 2.16. The Balaban J connectivity index is 0. The number of carbonyl (C=O) groups is 1. The summed E-state index contributed by atoms with van der Waals surface area (Å²) in [5, 5.41) is 0. The first-order valence-corrected chi connectivity index (χ1v) is 7.05. The van der Waals surface area contributed by atoms with Gasteiger partial charge in [-0.2, -0.15) is 0 Å². The molecule has 0 N–H and O–H groups in total. The van der Waals surface area contributed by atoms with Crippen LogP contribution >= 0.6 is 0 Å². The maximum absolute atomic E-state index is 12.0. The lowest BCUT2D eigenvalue weighted by Gasteiger charge is -2.26. The van der Waals surface area contributed by atoms with E-state index < -0.39 is 0 Å². The molecule has 0 aromatic carbocycles. The lowest BCUT2D eigenvalue weighted by atomic mass is 10.0. The van der Waals surface area contributed by atoms with Crippen molar-refractivity contribution >= 4 is 5.91 Å². The Morgan fingerprint density at radius 1 is 1.00 bits per heavy atom. The molecule has 0 aliphatic carbocycles. The molecule has 1 heterocycles. The second kappa shape index (κ2) is 11.6. The Bertz CT molecular complexity index is 199. The molecule has 110 valence electrons. The molecule has 1 rings (SSSR count). The third kappa shape index (κ3) is 7.03. The average molecular weight is 257 g/mol. The van der Waals surface area contributed by atoms with Crippen molar-refractivity contribution in [2.24, 2.45) is 5.92 Å². The number of hydrogen-bond donors (Lipinski definition) is 0. The van der Waals surface area contributed by atoms with Crippen LogP contribution in [0.5, 0.6) is 0 Å². The van der Waals surface area contributed by atoms with Crippen LogP contribution in [0.2, 0.25) is 0 Å². The number of rotatable bonds is 4. The fraction of sp³-hybridized carbons (Fsp3) is 0.938. The second-order valence-corrected chi connectivity index (χ2v) is 5.04. The van der Waals surface area contributed by atoms with Crippen molar-refractivity contribution in [3.63, 3.8) is 0 Å². The molecular formula is C16H35NO. The van der Waals surface area contributed by atoms with Crippen molar-refractivity contribution in [2.75, 3.05) is 13.1 Å². The van der Waals surface area contributed by atoms with E-state index in [9.17, 15) is 4.79 Å². The van der Waals surface area contributed by atoms with Crippen molar-refractivity contribution in [2.45, 2.75) is 80.1 Å². The van der Waals surface area contributed by atoms with Gasteiger partial charge in [0.15, 0.2) is 0 Å². The Kier molecular flexibility index (Phi) is 12.7. The molecule has 0 unspecified atom stereocenters. The summed E-state index contributed by atoms with van der Waals surface area (Å²) in [6, 6.07) is 0. The van der Waals surface area contributed by atoms with Crippen molar-refractivity contribution in [1.82, 2.24) is 4.90 Å². The van der Waals surface area contributed by atoms with Gasteiger partial charge >= 0.3 is 0 Å². The summed E-state index contributed by atoms with van der Waals surface area (Å²) in [6.07, 6.45) is 9.31. The Morgan fingerprint density at radius 3 is 2.17 bits per heavy atom. The highest BCUT2D eigenvalue weighted by Gasteiger charge is 2.17. The van der Waals surface area contributed by atoms with Gasteiger partial charge in [0.25, 0.3) is 0 Å². The molecule has 1 amide bonds. The molecule has 1 fully saturated rings. The topological polar surface area (TPSA) is 20.3 Å². The summed E-state index contributed by atoms with van der Waals surface area (Å²) in [5.74, 6) is 1.10. The summed E-state index contributed by atoms with van der Waals surface area (Å²) < 4.78 is 0. The van der Waals surface area contributed by atoms with Crippen LogP contribution in [0.15, 0.2) is 0 Å². The van der Waals surface area contributed by atoms with Crippen LogP contribution in [-0.2, 0) is 4.79 Å². The SMILES string of the molecule is C.C.CCC(CC)CN1CCCCCCCC1=O. The van der Waals surface area contributed by atoms with Crippen LogP contribution in [0.4, 0.5) is 0 Å². The molecule has 2 heteroatoms. The first-order chi connectivity index (χ1) is 7.77. The van der Waals surface area contributed by atoms with Gasteiger partial charge in [-0.15, -0.1) is 0 Å². The minimum atomic E-state index is 0. The van der Waals surface area contributed by atoms with Gasteiger partial charge in [-0.3, -0.25) is 4.79 Å². The molecule has 0 aromatic rings. The molecule has 0 saturated carbocycles. The van der Waals surface area contributed by atoms with E-state index in [1.165, 1.54) is 38.5 Å². The van der Waals surface area contributed by atoms with Crippen molar-refractivity contribution < 1.29 is 4.79 Å². The third-order valence-electron chi connectivity index (χ3n) is 3.80. The quantitative estimate of drug-likeness (QED) is 0.703. The van der Waals surface area contributed by atoms with Crippen LogP contribution in [0, 0.1) is 5.92 Å². The van der Waals surface area contributed by atoms with Crippen LogP contribution in [0.3, 0.4) is 0 Å². The molecule has 1 aliphatic rings. The largest absolute Gasteiger partial charge is 0.342 e. The zero-order chi connectivity index (χ0) is 11.8. The van der Waals surface area contributed by atoms with Gasteiger partial charge in [0, 0.05) is 19.5 Å². The minimum absolute atomic E-state index is 0. The average Bonchev–Trinajstić information content (AvgIpc) is 2.40. The Hall–Kier alpha value is -0.530. The molecule has 18 heavy (non-hydrogen) atoms. The second-order valence-electron chi connectivity index (χ2n) is 5.04. The number of hydrogen-bond acceptors (Lipinski definition) is 1. The molecular weight excluding hydrogens is 222 g/mol. The van der Waals surface area contributed by atoms with E-state index in [0.29, 0.717) is 11.8 Å². The first-order valence-electron chi connectivity index (χ1n) is 7.05. The van der Waals surface area contributed by atoms with E-state index in [0.717, 1.165) is 25.9 Å². The lowest BCUT2D eigenvalue weighted by molar-refractivity contribution is -0.132. The summed E-state index contributed by atoms with van der Waals surface area (Å²) in [6.45, 7) is 6.45. The van der Waals surface area contributed by atoms with Gasteiger partial charge in [0.05, 0.1) is 0 Å². The lowest BCUT2D eigenvalue weighted by Crippen LogP contribution is -2.35. The molecule has 0 spiro atoms. The third-order valence-corrected chi connectivity index (χ3v) is 3.80. The highest BCUT2D eigenvalue weighted by atomic mass is 16.2. The number of carbonyl (C=O) groups excluding carboxylic acids is 1. The fourth-order valence-corrected chi connectivity index (χ4v) is 2.44. The summed E-state index contributed by atoms with van der Waals surface area (Å²) in [5.41, 5.74) is 0. The van der Waals surface area contributed by atoms with Crippen molar-refractivity contribution in [1.29, 1.82) is 0 Å². The molecule has 1 saturated heterocycles. The normalized spacial score (nSPS) is 17.3. The minimum Gasteiger partial charge on any atom is -0.342 e. The van der Waals surface area contributed by atoms with Crippen molar-refractivity contribution in [3.8, 4) is 0 Å². The van der Waals surface area contributed by atoms with Crippen LogP contribution < -0.4 is 0 Å². The van der Waals surface area contributed by atoms with Gasteiger partial charge in [-0.25, -0.2) is 0 Å². The molecule has 1 aliphatic heterocycles. The van der Waals surface area contributed by atoms with Gasteiger partial charge in [0.2, 0.25) is 5.91 Å². The van der Waals surface area contributed by atoms with E-state index in [-0.39, 0.29) is 14.9 Å². The van der Waals surface area contributed by atoms with Crippen LogP contribution in [0.1, 0.15) is 80.1 Å². The summed E-state index contributed by atoms with van der Waals surface area (Å²) in [4.78, 5) is 14.1. The standard InChI is InChI=1S/C14H27NO.2CH4/c1-3-13(4-2)12-15-11-9-7-5-6-8-10-14(15)16;;/h13H,3-12H2,1-2H3;2*1H4. The summed E-state index contributed by atoms with van der Waals surface area (Å²) in [7, 11) is 0. The molecule has 0 radical (unpaired) electrons. The van der Waals surface area contributed by atoms with Crippen LogP contribution in [-0.4, -0.2) is 23.9 Å². The predicted molar refractivity (Wildman–Crippen MR) is 81.8 cm³/mol. The fourth-order valence-electron chi connectivity index (χ4n) is 2.44. The zero-order valence-electron chi connectivity index (χ0n) is 11.0. The highest BCUT2D eigenvalue weighted by molar-refractivity contribution is 5.76. The van der Waals surface area contributed by atoms with Gasteiger partial charge < -0.3 is 4.90 Å². The van der Waals surface area contributed by atoms with E-state index in [2.05, 4.69) is 18.7 Å². The van der Waals surface area contributed by atoms with Gasteiger partial charge in [0.1, 0.15) is 0 Å². The maximum atomic E-state index is 12.0. The first kappa shape index (κ1) is 19.8. The van der Waals surface area contributed by atoms with Gasteiger partial charge in [-0.05, 0) is 18.8 Å². The van der Waals surface area contributed by atoms with E-state index in [4.69, 9.17) is 0 Å². The van der Waals surface area contributed by atoms with Crippen molar-refractivity contribution in [3.05, 3.63) is 0 Å². The molecule has 2 nitrogen and oxygen atoms in total. The molecule has 0 bridgehead atoms. The Morgan fingerprint density at radius 2 is 1.56 bits per heavy atom. The maximum Gasteiger partial charge on any atom is 0.222 e. The predicted octanol–water partition coefficient (Wildman–Crippen LogP) is 4.88. The van der Waals surface area contributed by atoms with E-state index >= 15 is 0 Å².